The first kappa shape index (κ1) is 8.41. The number of nitrogens with zero attached hydrogens (tertiary/aromatic N) is 1. The summed E-state index contributed by atoms with van der Waals surface area (Å²) < 4.78 is 23.1. The van der Waals surface area contributed by atoms with Crippen molar-refractivity contribution in [1.82, 2.24) is 1.92 Å². The van der Waals surface area contributed by atoms with E-state index in [1.165, 1.54) is 1.92 Å². The van der Waals surface area contributed by atoms with Gasteiger partial charge in [0.15, 0.2) is 0 Å². The van der Waals surface area contributed by atoms with Crippen molar-refractivity contribution in [1.29, 1.82) is 0 Å². The molecule has 0 aromatic carbocycles. The van der Waals surface area contributed by atoms with Gasteiger partial charge in [0.1, 0.15) is 59.0 Å². The van der Waals surface area contributed by atoms with Crippen LogP contribution >= 0.6 is 22.9 Å². The lowest BCUT2D eigenvalue weighted by atomic mass is 10.6. The van der Waals surface area contributed by atoms with E-state index in [0.717, 1.165) is 6.42 Å². The molecule has 0 aromatic heterocycles. The van der Waals surface area contributed by atoms with Crippen molar-refractivity contribution in [3.05, 3.63) is 0 Å². The van der Waals surface area contributed by atoms with E-state index in [1.807, 2.05) is 22.9 Å². The third-order valence-corrected chi connectivity index (χ3v) is 6.51. The molecule has 0 radical (unpaired) electrons. The van der Waals surface area contributed by atoms with Crippen molar-refractivity contribution in [2.75, 3.05) is 11.5 Å². The maximum Gasteiger partial charge on any atom is 0.143 e. The Balaban J connectivity index is 2.41. The zero-order valence-electron chi connectivity index (χ0n) is 4.58. The Morgan fingerprint density at radius 1 is 1.22 bits per heavy atom. The Hall–Kier alpha value is 1.31. The highest BCUT2D eigenvalue weighted by atomic mass is 127. The smallest absolute Gasteiger partial charge is 0.143 e. The molecule has 0 N–H and O–H groups in total. The number of hydrogen-bond acceptors (Lipinski definition) is 3. The van der Waals surface area contributed by atoms with Gasteiger partial charge >= 0.3 is 0 Å². The van der Waals surface area contributed by atoms with E-state index in [0.29, 0.717) is 11.5 Å². The molecular weight excluding hydrogens is 273 g/mol. The van der Waals surface area contributed by atoms with E-state index in [1.54, 1.807) is 0 Å². The highest BCUT2D eigenvalue weighted by molar-refractivity contribution is 14.1. The summed E-state index contributed by atoms with van der Waals surface area (Å²) >= 11 is -0.149. The minimum absolute atomic E-state index is 0.661. The first-order valence-electron chi connectivity index (χ1n) is 2.44. The van der Waals surface area contributed by atoms with Crippen LogP contribution in [0.1, 0.15) is 6.42 Å². The third-order valence-electron chi connectivity index (χ3n) is 0.958. The fourth-order valence-electron chi connectivity index (χ4n) is 0.542. The molecule has 0 saturated carbocycles. The molecule has 0 spiro atoms. The minimum Gasteiger partial charge on any atom is -0.594 e. The number of hydrogen-bond donors (Lipinski definition) is 0. The van der Waals surface area contributed by atoms with Crippen LogP contribution in [0.3, 0.4) is 0 Å². The van der Waals surface area contributed by atoms with Gasteiger partial charge in [0.2, 0.25) is 0 Å². The maximum absolute atomic E-state index is 10.8. The summed E-state index contributed by atoms with van der Waals surface area (Å²) in [7, 11) is 0. The molecule has 9 heavy (non-hydrogen) atoms. The molecule has 2 atom stereocenters. The van der Waals surface area contributed by atoms with Gasteiger partial charge < -0.3 is 9.11 Å². The molecule has 0 aliphatic carbocycles. The van der Waals surface area contributed by atoms with Gasteiger partial charge in [-0.15, -0.1) is 0 Å². The van der Waals surface area contributed by atoms with Crippen molar-refractivity contribution in [2.45, 2.75) is 6.42 Å². The Kier molecular flexibility index (Phi) is 3.39. The van der Waals surface area contributed by atoms with E-state index in [-0.39, 0.29) is 0 Å². The monoisotopic (exact) mass is 279 g/mol. The normalized spacial score (nSPS) is 39.0. The van der Waals surface area contributed by atoms with Crippen LogP contribution < -0.4 is 0 Å². The zero-order valence-corrected chi connectivity index (χ0v) is 8.37. The summed E-state index contributed by atoms with van der Waals surface area (Å²) in [5.74, 6) is 1.32. The summed E-state index contributed by atoms with van der Waals surface area (Å²) in [4.78, 5) is 0. The lowest BCUT2D eigenvalue weighted by molar-refractivity contribution is 0.548. The van der Waals surface area contributed by atoms with Gasteiger partial charge in [-0.2, -0.15) is 0 Å². The third kappa shape index (κ3) is 2.12. The summed E-state index contributed by atoms with van der Waals surface area (Å²) in [6.07, 6.45) is 0.818. The van der Waals surface area contributed by atoms with E-state index in [4.69, 9.17) is 0 Å². The van der Waals surface area contributed by atoms with Gasteiger partial charge in [-0.3, -0.25) is 0 Å². The molecule has 0 bridgehead atoms. The van der Waals surface area contributed by atoms with Crippen molar-refractivity contribution < 1.29 is 9.11 Å². The zero-order chi connectivity index (χ0) is 6.85. The SMILES string of the molecule is [O-][S+]1CCC[S+]([O-])N1I. The Morgan fingerprint density at radius 2 is 1.67 bits per heavy atom. The molecule has 1 fully saturated rings. The average molecular weight is 279 g/mol. The van der Waals surface area contributed by atoms with Gasteiger partial charge in [0.25, 0.3) is 0 Å². The molecule has 0 aromatic rings. The molecule has 1 aliphatic rings. The van der Waals surface area contributed by atoms with E-state index < -0.39 is 22.7 Å². The second-order valence-corrected chi connectivity index (χ2v) is 6.96. The Morgan fingerprint density at radius 3 is 2.00 bits per heavy atom. The highest BCUT2D eigenvalue weighted by Crippen LogP contribution is 2.22. The summed E-state index contributed by atoms with van der Waals surface area (Å²) in [6, 6.07) is 0. The lowest BCUT2D eigenvalue weighted by Gasteiger charge is -2.23. The van der Waals surface area contributed by atoms with Crippen molar-refractivity contribution in [3.8, 4) is 0 Å². The van der Waals surface area contributed by atoms with Crippen molar-refractivity contribution in [2.24, 2.45) is 0 Å². The van der Waals surface area contributed by atoms with Gasteiger partial charge in [-0.1, -0.05) is 0 Å². The van der Waals surface area contributed by atoms with Crippen LogP contribution in [0, 0.1) is 0 Å². The molecule has 2 unspecified atom stereocenters. The Bertz CT molecular complexity index is 95.8. The number of rotatable bonds is 0. The lowest BCUT2D eigenvalue weighted by Crippen LogP contribution is -2.37. The van der Waals surface area contributed by atoms with E-state index in [2.05, 4.69) is 0 Å². The highest BCUT2D eigenvalue weighted by Gasteiger charge is 2.34. The standard InChI is InChI=1S/C3H6INO2S2/c4-5-8(6)2-1-3-9(5)7/h1-3H2. The molecule has 6 heteroatoms. The summed E-state index contributed by atoms with van der Waals surface area (Å²) in [5, 5.41) is 0. The fraction of sp³-hybridized carbons (Fsp3) is 1.00. The number of halogens is 1. The average Bonchev–Trinajstić information content (AvgIpc) is 1.83. The summed E-state index contributed by atoms with van der Waals surface area (Å²) in [6.45, 7) is 0. The molecule has 3 nitrogen and oxygen atoms in total. The first-order chi connectivity index (χ1) is 4.22. The molecule has 1 aliphatic heterocycles. The van der Waals surface area contributed by atoms with Crippen LogP contribution in [0.15, 0.2) is 0 Å². The Labute approximate surface area is 74.3 Å². The van der Waals surface area contributed by atoms with Crippen LogP contribution in [0.25, 0.3) is 0 Å². The van der Waals surface area contributed by atoms with Gasteiger partial charge in [-0.25, -0.2) is 0 Å². The molecule has 0 amide bonds. The van der Waals surface area contributed by atoms with Crippen molar-refractivity contribution in [3.63, 3.8) is 0 Å². The predicted octanol–water partition coefficient (Wildman–Crippen LogP) is 0.370. The van der Waals surface area contributed by atoms with Crippen LogP contribution in [0.5, 0.6) is 0 Å². The summed E-state index contributed by atoms with van der Waals surface area (Å²) in [5.41, 5.74) is 0. The van der Waals surface area contributed by atoms with Crippen LogP contribution in [0.4, 0.5) is 0 Å². The molecule has 54 valence electrons. The molecular formula is C3H6INO2S2. The predicted molar refractivity (Wildman–Crippen MR) is 46.5 cm³/mol. The second kappa shape index (κ2) is 3.63. The minimum atomic E-state index is -0.995. The van der Waals surface area contributed by atoms with Crippen molar-refractivity contribution >= 4 is 45.6 Å². The topological polar surface area (TPSA) is 49.4 Å². The first-order valence-corrected chi connectivity index (χ1v) is 5.96. The van der Waals surface area contributed by atoms with Crippen LogP contribution in [0.2, 0.25) is 0 Å². The fourth-order valence-corrected chi connectivity index (χ4v) is 4.17. The van der Waals surface area contributed by atoms with E-state index in [9.17, 15) is 9.11 Å². The quantitative estimate of drug-likeness (QED) is 0.366. The van der Waals surface area contributed by atoms with E-state index >= 15 is 0 Å². The molecule has 1 saturated heterocycles. The molecule has 1 rings (SSSR count). The maximum atomic E-state index is 10.8. The van der Waals surface area contributed by atoms with Crippen LogP contribution in [-0.2, 0) is 22.7 Å². The van der Waals surface area contributed by atoms with Gasteiger partial charge in [0, 0.05) is 6.42 Å². The van der Waals surface area contributed by atoms with Crippen LogP contribution in [-0.4, -0.2) is 22.5 Å². The largest absolute Gasteiger partial charge is 0.594 e. The second-order valence-electron chi connectivity index (χ2n) is 1.62. The van der Waals surface area contributed by atoms with Gasteiger partial charge in [0.05, 0.1) is 0 Å². The molecule has 1 heterocycles. The van der Waals surface area contributed by atoms with Gasteiger partial charge in [-0.05, 0) is 0 Å².